The lowest BCUT2D eigenvalue weighted by Crippen LogP contribution is -2.30. The summed E-state index contributed by atoms with van der Waals surface area (Å²) in [6.45, 7) is 5.56. The molecule has 0 amide bonds. The standard InChI is InChI=1S/C21H36NS2/c1-3-5-6-7-8-9-10-11-12-20-15-18-23-21(24-20)19-13-16-22(4-2)17-14-19/h13-14,16-17,20-21H,3-12,15,18H2,1-2H3/q+1. The van der Waals surface area contributed by atoms with E-state index < -0.39 is 0 Å². The number of thioether (sulfide) groups is 2. The third-order valence-electron chi connectivity index (χ3n) is 4.96. The Morgan fingerprint density at radius 1 is 0.958 bits per heavy atom. The van der Waals surface area contributed by atoms with E-state index in [0.717, 1.165) is 11.8 Å². The van der Waals surface area contributed by atoms with Crippen LogP contribution in [0.4, 0.5) is 0 Å². The summed E-state index contributed by atoms with van der Waals surface area (Å²) in [7, 11) is 0. The second kappa shape index (κ2) is 12.2. The highest BCUT2D eigenvalue weighted by Crippen LogP contribution is 2.48. The first-order valence-electron chi connectivity index (χ1n) is 10.1. The number of unbranched alkanes of at least 4 members (excludes halogenated alkanes) is 7. The second-order valence-electron chi connectivity index (χ2n) is 6.97. The van der Waals surface area contributed by atoms with Crippen LogP contribution in [0.5, 0.6) is 0 Å². The molecule has 136 valence electrons. The van der Waals surface area contributed by atoms with Gasteiger partial charge in [-0.15, -0.1) is 23.5 Å². The molecular formula is C21H36NS2+. The minimum Gasteiger partial charge on any atom is -0.205 e. The quantitative estimate of drug-likeness (QED) is 0.314. The van der Waals surface area contributed by atoms with Crippen LogP contribution in [0.15, 0.2) is 24.5 Å². The molecule has 1 aromatic heterocycles. The Morgan fingerprint density at radius 2 is 1.62 bits per heavy atom. The van der Waals surface area contributed by atoms with Crippen molar-refractivity contribution in [1.29, 1.82) is 0 Å². The Kier molecular flexibility index (Phi) is 10.3. The predicted molar refractivity (Wildman–Crippen MR) is 111 cm³/mol. The smallest absolute Gasteiger partial charge is 0.169 e. The summed E-state index contributed by atoms with van der Waals surface area (Å²) in [5, 5.41) is 0.884. The van der Waals surface area contributed by atoms with Crippen molar-refractivity contribution in [2.24, 2.45) is 0 Å². The summed E-state index contributed by atoms with van der Waals surface area (Å²) in [6.07, 6.45) is 18.8. The molecule has 0 spiro atoms. The van der Waals surface area contributed by atoms with Gasteiger partial charge in [-0.1, -0.05) is 58.3 Å². The Bertz CT molecular complexity index is 432. The van der Waals surface area contributed by atoms with Crippen molar-refractivity contribution in [1.82, 2.24) is 0 Å². The second-order valence-corrected chi connectivity index (χ2v) is 9.90. The summed E-state index contributed by atoms with van der Waals surface area (Å²) in [4.78, 5) is 0. The molecule has 2 rings (SSSR count). The summed E-state index contributed by atoms with van der Waals surface area (Å²) < 4.78 is 2.91. The van der Waals surface area contributed by atoms with Gasteiger partial charge in [0.25, 0.3) is 0 Å². The van der Waals surface area contributed by atoms with Gasteiger partial charge in [0.05, 0.1) is 4.58 Å². The predicted octanol–water partition coefficient (Wildman–Crippen LogP) is 6.76. The molecule has 0 bridgehead atoms. The Morgan fingerprint density at radius 3 is 2.29 bits per heavy atom. The fraction of sp³-hybridized carbons (Fsp3) is 0.762. The number of aromatic nitrogens is 1. The van der Waals surface area contributed by atoms with E-state index in [1.807, 2.05) is 0 Å². The molecule has 24 heavy (non-hydrogen) atoms. The molecule has 2 atom stereocenters. The highest BCUT2D eigenvalue weighted by Gasteiger charge is 2.24. The maximum Gasteiger partial charge on any atom is 0.169 e. The van der Waals surface area contributed by atoms with Gasteiger partial charge in [-0.3, -0.25) is 0 Å². The van der Waals surface area contributed by atoms with Crippen LogP contribution in [0.25, 0.3) is 0 Å². The number of hydrogen-bond donors (Lipinski definition) is 0. The van der Waals surface area contributed by atoms with Crippen molar-refractivity contribution >= 4 is 23.5 Å². The van der Waals surface area contributed by atoms with Crippen LogP contribution in [0.3, 0.4) is 0 Å². The van der Waals surface area contributed by atoms with Crippen LogP contribution in [0.1, 0.15) is 88.2 Å². The number of rotatable bonds is 11. The molecule has 3 heteroatoms. The summed E-state index contributed by atoms with van der Waals surface area (Å²) in [5.74, 6) is 1.34. The number of hydrogen-bond acceptors (Lipinski definition) is 2. The molecule has 0 aliphatic carbocycles. The molecule has 1 aliphatic rings. The fourth-order valence-electron chi connectivity index (χ4n) is 3.32. The molecule has 1 fully saturated rings. The first kappa shape index (κ1) is 20.2. The first-order valence-corrected chi connectivity index (χ1v) is 12.1. The summed E-state index contributed by atoms with van der Waals surface area (Å²) >= 11 is 4.37. The zero-order chi connectivity index (χ0) is 17.0. The van der Waals surface area contributed by atoms with Gasteiger partial charge in [-0.05, 0) is 31.1 Å². The lowest BCUT2D eigenvalue weighted by Gasteiger charge is -2.28. The van der Waals surface area contributed by atoms with E-state index in [1.165, 1.54) is 75.5 Å². The summed E-state index contributed by atoms with van der Waals surface area (Å²) in [6, 6.07) is 4.65. The molecule has 0 aromatic carbocycles. The van der Waals surface area contributed by atoms with Crippen molar-refractivity contribution in [3.63, 3.8) is 0 Å². The van der Waals surface area contributed by atoms with Crippen LogP contribution in [0.2, 0.25) is 0 Å². The maximum absolute atomic E-state index is 2.33. The molecule has 1 aromatic rings. The fourth-order valence-corrected chi connectivity index (χ4v) is 6.75. The Balaban J connectivity index is 1.62. The molecule has 0 N–H and O–H groups in total. The van der Waals surface area contributed by atoms with E-state index in [1.54, 1.807) is 0 Å². The maximum atomic E-state index is 2.33. The SMILES string of the molecule is CCCCCCCCCCC1CCSC(c2cc[n+](CC)cc2)S1. The molecule has 2 heterocycles. The van der Waals surface area contributed by atoms with Gasteiger partial charge in [-0.2, -0.15) is 0 Å². The molecule has 0 saturated carbocycles. The molecular weight excluding hydrogens is 330 g/mol. The van der Waals surface area contributed by atoms with Crippen molar-refractivity contribution < 1.29 is 4.57 Å². The highest BCUT2D eigenvalue weighted by atomic mass is 32.2. The molecule has 1 nitrogen and oxygen atoms in total. The van der Waals surface area contributed by atoms with Gasteiger partial charge < -0.3 is 0 Å². The molecule has 0 radical (unpaired) electrons. The van der Waals surface area contributed by atoms with Crippen molar-refractivity contribution in [3.8, 4) is 0 Å². The van der Waals surface area contributed by atoms with Gasteiger partial charge in [0.15, 0.2) is 12.4 Å². The van der Waals surface area contributed by atoms with Gasteiger partial charge in [-0.25, -0.2) is 4.57 Å². The zero-order valence-corrected chi connectivity index (χ0v) is 17.3. The topological polar surface area (TPSA) is 3.88 Å². The van der Waals surface area contributed by atoms with Crippen molar-refractivity contribution in [2.75, 3.05) is 5.75 Å². The van der Waals surface area contributed by atoms with Crippen LogP contribution in [-0.2, 0) is 6.54 Å². The Labute approximate surface area is 158 Å². The van der Waals surface area contributed by atoms with E-state index in [-0.39, 0.29) is 0 Å². The number of nitrogens with zero attached hydrogens (tertiary/aromatic N) is 1. The largest absolute Gasteiger partial charge is 0.205 e. The van der Waals surface area contributed by atoms with Gasteiger partial charge in [0, 0.05) is 17.4 Å². The van der Waals surface area contributed by atoms with Crippen LogP contribution < -0.4 is 4.57 Å². The van der Waals surface area contributed by atoms with Crippen LogP contribution >= 0.6 is 23.5 Å². The average molecular weight is 367 g/mol. The van der Waals surface area contributed by atoms with E-state index in [4.69, 9.17) is 0 Å². The van der Waals surface area contributed by atoms with Gasteiger partial charge >= 0.3 is 0 Å². The highest BCUT2D eigenvalue weighted by molar-refractivity contribution is 8.17. The molecule has 1 aliphatic heterocycles. The minimum absolute atomic E-state index is 0.657. The van der Waals surface area contributed by atoms with E-state index in [2.05, 4.69) is 66.5 Å². The van der Waals surface area contributed by atoms with Gasteiger partial charge in [0.2, 0.25) is 0 Å². The molecule has 2 unspecified atom stereocenters. The monoisotopic (exact) mass is 366 g/mol. The average Bonchev–Trinajstić information content (AvgIpc) is 2.64. The third kappa shape index (κ3) is 7.39. The van der Waals surface area contributed by atoms with E-state index >= 15 is 0 Å². The summed E-state index contributed by atoms with van der Waals surface area (Å²) in [5.41, 5.74) is 1.51. The lowest BCUT2D eigenvalue weighted by molar-refractivity contribution is -0.693. The minimum atomic E-state index is 0.657. The number of pyridine rings is 1. The van der Waals surface area contributed by atoms with Crippen LogP contribution in [0, 0.1) is 0 Å². The molecule has 1 saturated heterocycles. The van der Waals surface area contributed by atoms with E-state index in [0.29, 0.717) is 4.58 Å². The Hall–Kier alpha value is -0.150. The van der Waals surface area contributed by atoms with Crippen molar-refractivity contribution in [3.05, 3.63) is 30.1 Å². The zero-order valence-electron chi connectivity index (χ0n) is 15.7. The van der Waals surface area contributed by atoms with Crippen LogP contribution in [-0.4, -0.2) is 11.0 Å². The van der Waals surface area contributed by atoms with Gasteiger partial charge in [0.1, 0.15) is 6.54 Å². The number of aryl methyl sites for hydroxylation is 1. The first-order chi connectivity index (χ1) is 11.8. The normalized spacial score (nSPS) is 21.1. The third-order valence-corrected chi connectivity index (χ3v) is 8.12. The van der Waals surface area contributed by atoms with Crippen molar-refractivity contribution in [2.45, 2.75) is 94.4 Å². The lowest BCUT2D eigenvalue weighted by atomic mass is 10.1. The van der Waals surface area contributed by atoms with E-state index in [9.17, 15) is 0 Å².